The van der Waals surface area contributed by atoms with Crippen molar-refractivity contribution in [3.05, 3.63) is 83.9 Å². The van der Waals surface area contributed by atoms with E-state index in [4.69, 9.17) is 4.74 Å². The first-order valence-corrected chi connectivity index (χ1v) is 7.59. The molecule has 2 aromatic rings. The fraction of sp³-hybridized carbons (Fsp3) is 0.250. The van der Waals surface area contributed by atoms with Crippen molar-refractivity contribution < 1.29 is 9.53 Å². The maximum atomic E-state index is 12.0. The van der Waals surface area contributed by atoms with Crippen molar-refractivity contribution >= 4 is 5.97 Å². The van der Waals surface area contributed by atoms with Gasteiger partial charge in [-0.25, -0.2) is 4.79 Å². The molecule has 2 nitrogen and oxygen atoms in total. The van der Waals surface area contributed by atoms with Crippen molar-refractivity contribution in [1.29, 1.82) is 0 Å². The van der Waals surface area contributed by atoms with Gasteiger partial charge in [-0.15, -0.1) is 0 Å². The van der Waals surface area contributed by atoms with Gasteiger partial charge in [0, 0.05) is 11.5 Å². The van der Waals surface area contributed by atoms with Crippen molar-refractivity contribution in [2.45, 2.75) is 32.3 Å². The van der Waals surface area contributed by atoms with E-state index in [1.807, 2.05) is 43.3 Å². The molecule has 2 rings (SSSR count). The number of hydrogen-bond acceptors (Lipinski definition) is 2. The molecule has 0 radical (unpaired) electrons. The van der Waals surface area contributed by atoms with E-state index in [-0.39, 0.29) is 18.0 Å². The Balaban J connectivity index is 2.39. The lowest BCUT2D eigenvalue weighted by Gasteiger charge is -2.27. The molecule has 0 aliphatic carbocycles. The zero-order valence-corrected chi connectivity index (χ0v) is 13.2. The van der Waals surface area contributed by atoms with Crippen molar-refractivity contribution in [3.8, 4) is 0 Å². The molecule has 0 aliphatic rings. The van der Waals surface area contributed by atoms with Gasteiger partial charge >= 0.3 is 5.97 Å². The van der Waals surface area contributed by atoms with Gasteiger partial charge in [0.2, 0.25) is 0 Å². The minimum Gasteiger partial charge on any atom is -0.458 e. The van der Waals surface area contributed by atoms with E-state index in [2.05, 4.69) is 30.8 Å². The second-order valence-electron chi connectivity index (χ2n) is 5.43. The average Bonchev–Trinajstić information content (AvgIpc) is 2.56. The van der Waals surface area contributed by atoms with Crippen LogP contribution in [-0.4, -0.2) is 12.1 Å². The van der Waals surface area contributed by atoms with Crippen molar-refractivity contribution in [3.63, 3.8) is 0 Å². The zero-order chi connectivity index (χ0) is 15.9. The molecule has 0 heterocycles. The normalized spacial score (nSPS) is 12.0. The van der Waals surface area contributed by atoms with Gasteiger partial charge in [0.1, 0.15) is 6.10 Å². The first-order chi connectivity index (χ1) is 10.6. The lowest BCUT2D eigenvalue weighted by molar-refractivity contribution is -0.145. The molecule has 0 aliphatic heterocycles. The van der Waals surface area contributed by atoms with Crippen LogP contribution in [0, 0.1) is 0 Å². The molecule has 0 bridgehead atoms. The van der Waals surface area contributed by atoms with E-state index in [9.17, 15) is 4.79 Å². The van der Waals surface area contributed by atoms with Gasteiger partial charge in [-0.05, 0) is 24.5 Å². The highest BCUT2D eigenvalue weighted by atomic mass is 16.5. The molecule has 1 unspecified atom stereocenters. The van der Waals surface area contributed by atoms with E-state index < -0.39 is 0 Å². The summed E-state index contributed by atoms with van der Waals surface area (Å²) in [6.07, 6.45) is 0.530. The number of benzene rings is 2. The Hall–Kier alpha value is -2.35. The van der Waals surface area contributed by atoms with E-state index >= 15 is 0 Å². The predicted molar refractivity (Wildman–Crippen MR) is 89.7 cm³/mol. The summed E-state index contributed by atoms with van der Waals surface area (Å²) < 4.78 is 5.69. The number of hydrogen-bond donors (Lipinski definition) is 0. The standard InChI is InChI=1S/C20H22O2/c1-4-18(22-20(21)15(2)3)19(16-11-7-5-8-12-16)17-13-9-6-10-14-17/h5-14,18-19H,2,4H2,1,3H3. The molecular weight excluding hydrogens is 272 g/mol. The summed E-state index contributed by atoms with van der Waals surface area (Å²) >= 11 is 0. The van der Waals surface area contributed by atoms with Crippen molar-refractivity contribution in [2.75, 3.05) is 0 Å². The summed E-state index contributed by atoms with van der Waals surface area (Å²) in [5.74, 6) is -0.306. The Kier molecular flexibility index (Phi) is 5.54. The summed E-state index contributed by atoms with van der Waals surface area (Å²) in [6, 6.07) is 20.3. The number of carbonyl (C=O) groups excluding carboxylic acids is 1. The minimum absolute atomic E-state index is 0.0238. The lowest BCUT2D eigenvalue weighted by Crippen LogP contribution is -2.26. The zero-order valence-electron chi connectivity index (χ0n) is 13.2. The monoisotopic (exact) mass is 294 g/mol. The maximum absolute atomic E-state index is 12.0. The van der Waals surface area contributed by atoms with Crippen LogP contribution in [0.25, 0.3) is 0 Å². The van der Waals surface area contributed by atoms with Gasteiger partial charge in [0.15, 0.2) is 0 Å². The third kappa shape index (κ3) is 3.85. The maximum Gasteiger partial charge on any atom is 0.333 e. The van der Waals surface area contributed by atoms with Crippen LogP contribution in [0.1, 0.15) is 37.3 Å². The van der Waals surface area contributed by atoms with Crippen molar-refractivity contribution in [1.82, 2.24) is 0 Å². The first kappa shape index (κ1) is 16.0. The largest absolute Gasteiger partial charge is 0.458 e. The number of rotatable bonds is 6. The molecule has 114 valence electrons. The molecule has 0 saturated heterocycles. The van der Waals surface area contributed by atoms with E-state index in [0.717, 1.165) is 17.5 Å². The fourth-order valence-corrected chi connectivity index (χ4v) is 2.57. The third-order valence-electron chi connectivity index (χ3n) is 3.70. The van der Waals surface area contributed by atoms with E-state index in [0.29, 0.717) is 5.57 Å². The van der Waals surface area contributed by atoms with E-state index in [1.165, 1.54) is 0 Å². The molecule has 0 aromatic heterocycles. The molecule has 2 heteroatoms. The molecule has 0 amide bonds. The minimum atomic E-state index is -0.330. The van der Waals surface area contributed by atoms with Crippen LogP contribution in [0.2, 0.25) is 0 Å². The molecule has 0 saturated carbocycles. The van der Waals surface area contributed by atoms with Crippen LogP contribution in [0.3, 0.4) is 0 Å². The third-order valence-corrected chi connectivity index (χ3v) is 3.70. The Labute approximate surface area is 132 Å². The van der Waals surface area contributed by atoms with E-state index in [1.54, 1.807) is 6.92 Å². The topological polar surface area (TPSA) is 26.3 Å². The smallest absolute Gasteiger partial charge is 0.333 e. The molecule has 1 atom stereocenters. The molecule has 0 fully saturated rings. The second kappa shape index (κ2) is 7.60. The van der Waals surface area contributed by atoms with Crippen LogP contribution in [0.4, 0.5) is 0 Å². The Morgan fingerprint density at radius 3 is 1.82 bits per heavy atom. The van der Waals surface area contributed by atoms with Crippen LogP contribution in [0.15, 0.2) is 72.8 Å². The van der Waals surface area contributed by atoms with Gasteiger partial charge in [0.05, 0.1) is 0 Å². The molecular formula is C20H22O2. The Bertz CT molecular complexity index is 577. The lowest BCUT2D eigenvalue weighted by atomic mass is 9.85. The number of ether oxygens (including phenoxy) is 1. The van der Waals surface area contributed by atoms with Crippen LogP contribution in [-0.2, 0) is 9.53 Å². The molecule has 2 aromatic carbocycles. The van der Waals surface area contributed by atoms with Crippen molar-refractivity contribution in [2.24, 2.45) is 0 Å². The molecule has 0 spiro atoms. The Morgan fingerprint density at radius 1 is 1.00 bits per heavy atom. The predicted octanol–water partition coefficient (Wildman–Crippen LogP) is 4.72. The molecule has 0 N–H and O–H groups in total. The summed E-state index contributed by atoms with van der Waals surface area (Å²) in [4.78, 5) is 12.0. The second-order valence-corrected chi connectivity index (χ2v) is 5.43. The van der Waals surface area contributed by atoms with Crippen LogP contribution >= 0.6 is 0 Å². The van der Waals surface area contributed by atoms with Crippen LogP contribution in [0.5, 0.6) is 0 Å². The summed E-state index contributed by atoms with van der Waals surface area (Å²) in [7, 11) is 0. The van der Waals surface area contributed by atoms with Gasteiger partial charge in [-0.3, -0.25) is 0 Å². The van der Waals surface area contributed by atoms with Crippen LogP contribution < -0.4 is 0 Å². The molecule has 22 heavy (non-hydrogen) atoms. The Morgan fingerprint density at radius 2 is 1.45 bits per heavy atom. The van der Waals surface area contributed by atoms with Gasteiger partial charge in [-0.2, -0.15) is 0 Å². The highest BCUT2D eigenvalue weighted by molar-refractivity contribution is 5.87. The first-order valence-electron chi connectivity index (χ1n) is 7.59. The quantitative estimate of drug-likeness (QED) is 0.569. The van der Waals surface area contributed by atoms with Gasteiger partial charge in [-0.1, -0.05) is 74.2 Å². The van der Waals surface area contributed by atoms with Gasteiger partial charge in [0.25, 0.3) is 0 Å². The summed E-state index contributed by atoms with van der Waals surface area (Å²) in [5.41, 5.74) is 2.73. The SMILES string of the molecule is C=C(C)C(=O)OC(CC)C(c1ccccc1)c1ccccc1. The fourth-order valence-electron chi connectivity index (χ4n) is 2.57. The average molecular weight is 294 g/mol. The number of carbonyl (C=O) groups is 1. The highest BCUT2D eigenvalue weighted by Crippen LogP contribution is 2.31. The highest BCUT2D eigenvalue weighted by Gasteiger charge is 2.27. The van der Waals surface area contributed by atoms with Gasteiger partial charge < -0.3 is 4.74 Å². The summed E-state index contributed by atoms with van der Waals surface area (Å²) in [6.45, 7) is 7.39. The summed E-state index contributed by atoms with van der Waals surface area (Å²) in [5, 5.41) is 0. The number of esters is 1.